The SMILES string of the molecule is CC(C)C1(Cc2cccc(F)c2)CNC1. The molecule has 1 nitrogen and oxygen atoms in total. The molecule has 1 aromatic carbocycles. The summed E-state index contributed by atoms with van der Waals surface area (Å²) in [7, 11) is 0. The van der Waals surface area contributed by atoms with E-state index in [1.54, 1.807) is 12.1 Å². The molecule has 1 N–H and O–H groups in total. The van der Waals surface area contributed by atoms with Crippen molar-refractivity contribution in [3.8, 4) is 0 Å². The molecular weight excluding hydrogens is 189 g/mol. The number of nitrogens with one attached hydrogen (secondary N) is 1. The smallest absolute Gasteiger partial charge is 0.123 e. The van der Waals surface area contributed by atoms with E-state index in [0.29, 0.717) is 11.3 Å². The minimum Gasteiger partial charge on any atom is -0.315 e. The van der Waals surface area contributed by atoms with Gasteiger partial charge in [0.15, 0.2) is 0 Å². The molecule has 1 aromatic rings. The predicted molar refractivity (Wildman–Crippen MR) is 60.2 cm³/mol. The maximum atomic E-state index is 13.0. The van der Waals surface area contributed by atoms with Crippen LogP contribution >= 0.6 is 0 Å². The molecule has 0 aliphatic carbocycles. The quantitative estimate of drug-likeness (QED) is 0.803. The summed E-state index contributed by atoms with van der Waals surface area (Å²) in [6.07, 6.45) is 0.982. The van der Waals surface area contributed by atoms with E-state index in [9.17, 15) is 4.39 Å². The van der Waals surface area contributed by atoms with Crippen LogP contribution in [0.1, 0.15) is 19.4 Å². The second kappa shape index (κ2) is 3.93. The third kappa shape index (κ3) is 2.05. The lowest BCUT2D eigenvalue weighted by molar-refractivity contribution is 0.0994. The van der Waals surface area contributed by atoms with Crippen LogP contribution in [0.15, 0.2) is 24.3 Å². The number of rotatable bonds is 3. The van der Waals surface area contributed by atoms with Gasteiger partial charge in [0, 0.05) is 18.5 Å². The van der Waals surface area contributed by atoms with E-state index in [0.717, 1.165) is 25.1 Å². The Balaban J connectivity index is 2.13. The molecule has 0 spiro atoms. The van der Waals surface area contributed by atoms with Gasteiger partial charge in [-0.25, -0.2) is 4.39 Å². The lowest BCUT2D eigenvalue weighted by Crippen LogP contribution is -2.57. The second-order valence-electron chi connectivity index (χ2n) is 4.93. The number of benzene rings is 1. The summed E-state index contributed by atoms with van der Waals surface area (Å²) < 4.78 is 13.0. The molecule has 15 heavy (non-hydrogen) atoms. The third-order valence-electron chi connectivity index (χ3n) is 3.62. The van der Waals surface area contributed by atoms with E-state index < -0.39 is 0 Å². The van der Waals surface area contributed by atoms with Crippen LogP contribution in [0.5, 0.6) is 0 Å². The molecule has 2 rings (SSSR count). The summed E-state index contributed by atoms with van der Waals surface area (Å²) >= 11 is 0. The van der Waals surface area contributed by atoms with Crippen LogP contribution in [-0.2, 0) is 6.42 Å². The van der Waals surface area contributed by atoms with Crippen LogP contribution in [0, 0.1) is 17.2 Å². The molecule has 1 saturated heterocycles. The van der Waals surface area contributed by atoms with Crippen LogP contribution in [-0.4, -0.2) is 13.1 Å². The van der Waals surface area contributed by atoms with Gasteiger partial charge in [-0.3, -0.25) is 0 Å². The van der Waals surface area contributed by atoms with Crippen molar-refractivity contribution >= 4 is 0 Å². The Morgan fingerprint density at radius 2 is 2.13 bits per heavy atom. The molecule has 0 saturated carbocycles. The highest BCUT2D eigenvalue weighted by Crippen LogP contribution is 2.35. The average Bonchev–Trinajstić information content (AvgIpc) is 2.11. The number of hydrogen-bond donors (Lipinski definition) is 1. The first-order valence-electron chi connectivity index (χ1n) is 5.58. The Kier molecular flexibility index (Phi) is 2.79. The van der Waals surface area contributed by atoms with Crippen molar-refractivity contribution < 1.29 is 4.39 Å². The van der Waals surface area contributed by atoms with Crippen molar-refractivity contribution in [2.45, 2.75) is 20.3 Å². The van der Waals surface area contributed by atoms with E-state index in [-0.39, 0.29) is 5.82 Å². The van der Waals surface area contributed by atoms with Crippen LogP contribution in [0.2, 0.25) is 0 Å². The van der Waals surface area contributed by atoms with Gasteiger partial charge in [-0.15, -0.1) is 0 Å². The zero-order chi connectivity index (χ0) is 10.9. The Bertz CT molecular complexity index is 342. The lowest BCUT2D eigenvalue weighted by Gasteiger charge is -2.46. The molecule has 1 fully saturated rings. The van der Waals surface area contributed by atoms with Gasteiger partial charge in [-0.1, -0.05) is 26.0 Å². The number of hydrogen-bond acceptors (Lipinski definition) is 1. The zero-order valence-corrected chi connectivity index (χ0v) is 9.39. The first-order chi connectivity index (χ1) is 7.12. The topological polar surface area (TPSA) is 12.0 Å². The maximum absolute atomic E-state index is 13.0. The van der Waals surface area contributed by atoms with Gasteiger partial charge in [-0.2, -0.15) is 0 Å². The molecule has 2 heteroatoms. The van der Waals surface area contributed by atoms with E-state index in [4.69, 9.17) is 0 Å². The molecule has 0 radical (unpaired) electrons. The highest BCUT2D eigenvalue weighted by atomic mass is 19.1. The fourth-order valence-electron chi connectivity index (χ4n) is 2.24. The Morgan fingerprint density at radius 3 is 2.60 bits per heavy atom. The Morgan fingerprint density at radius 1 is 1.40 bits per heavy atom. The summed E-state index contributed by atoms with van der Waals surface area (Å²) in [4.78, 5) is 0. The fourth-order valence-corrected chi connectivity index (χ4v) is 2.24. The van der Waals surface area contributed by atoms with Crippen molar-refractivity contribution in [1.29, 1.82) is 0 Å². The van der Waals surface area contributed by atoms with E-state index >= 15 is 0 Å². The summed E-state index contributed by atoms with van der Waals surface area (Å²) in [6.45, 7) is 6.61. The largest absolute Gasteiger partial charge is 0.315 e. The monoisotopic (exact) mass is 207 g/mol. The highest BCUT2D eigenvalue weighted by molar-refractivity contribution is 5.19. The fraction of sp³-hybridized carbons (Fsp3) is 0.538. The molecule has 82 valence electrons. The van der Waals surface area contributed by atoms with Crippen molar-refractivity contribution in [2.75, 3.05) is 13.1 Å². The minimum atomic E-state index is -0.126. The molecular formula is C13H18FN. The Hall–Kier alpha value is -0.890. The average molecular weight is 207 g/mol. The lowest BCUT2D eigenvalue weighted by atomic mass is 9.68. The normalized spacial score (nSPS) is 18.9. The first kappa shape index (κ1) is 10.6. The predicted octanol–water partition coefficient (Wildman–Crippen LogP) is 2.61. The van der Waals surface area contributed by atoms with Crippen molar-refractivity contribution in [3.05, 3.63) is 35.6 Å². The summed E-state index contributed by atoms with van der Waals surface area (Å²) in [5.74, 6) is 0.515. The zero-order valence-electron chi connectivity index (χ0n) is 9.39. The second-order valence-corrected chi connectivity index (χ2v) is 4.93. The van der Waals surface area contributed by atoms with E-state index in [1.165, 1.54) is 6.07 Å². The van der Waals surface area contributed by atoms with Gasteiger partial charge in [0.25, 0.3) is 0 Å². The summed E-state index contributed by atoms with van der Waals surface area (Å²) in [5, 5.41) is 3.32. The highest BCUT2D eigenvalue weighted by Gasteiger charge is 2.39. The van der Waals surface area contributed by atoms with Gasteiger partial charge >= 0.3 is 0 Å². The Labute approximate surface area is 90.7 Å². The van der Waals surface area contributed by atoms with Crippen LogP contribution < -0.4 is 5.32 Å². The van der Waals surface area contributed by atoms with E-state index in [2.05, 4.69) is 19.2 Å². The minimum absolute atomic E-state index is 0.126. The first-order valence-corrected chi connectivity index (χ1v) is 5.58. The van der Waals surface area contributed by atoms with Gasteiger partial charge in [0.05, 0.1) is 0 Å². The molecule has 1 aliphatic rings. The standard InChI is InChI=1S/C13H18FN/c1-10(2)13(8-15-9-13)7-11-4-3-5-12(14)6-11/h3-6,10,15H,7-9H2,1-2H3. The van der Waals surface area contributed by atoms with Gasteiger partial charge in [-0.05, 0) is 30.0 Å². The summed E-state index contributed by atoms with van der Waals surface area (Å²) in [5.41, 5.74) is 1.46. The molecule has 1 aliphatic heterocycles. The molecule has 0 aromatic heterocycles. The molecule has 0 atom stereocenters. The van der Waals surface area contributed by atoms with Crippen molar-refractivity contribution in [3.63, 3.8) is 0 Å². The van der Waals surface area contributed by atoms with Crippen molar-refractivity contribution in [2.24, 2.45) is 11.3 Å². The van der Waals surface area contributed by atoms with Crippen LogP contribution in [0.4, 0.5) is 4.39 Å². The molecule has 0 amide bonds. The van der Waals surface area contributed by atoms with E-state index in [1.807, 2.05) is 6.07 Å². The maximum Gasteiger partial charge on any atom is 0.123 e. The van der Waals surface area contributed by atoms with Gasteiger partial charge in [0.2, 0.25) is 0 Å². The van der Waals surface area contributed by atoms with Gasteiger partial charge < -0.3 is 5.32 Å². The van der Waals surface area contributed by atoms with Crippen LogP contribution in [0.25, 0.3) is 0 Å². The van der Waals surface area contributed by atoms with Gasteiger partial charge in [0.1, 0.15) is 5.82 Å². The summed E-state index contributed by atoms with van der Waals surface area (Å²) in [6, 6.07) is 6.98. The molecule has 1 heterocycles. The molecule has 0 bridgehead atoms. The van der Waals surface area contributed by atoms with Crippen molar-refractivity contribution in [1.82, 2.24) is 5.32 Å². The third-order valence-corrected chi connectivity index (χ3v) is 3.62. The van der Waals surface area contributed by atoms with Crippen LogP contribution in [0.3, 0.4) is 0 Å². The number of halogens is 1. The molecule has 0 unspecified atom stereocenters.